The van der Waals surface area contributed by atoms with Crippen LogP contribution in [0.5, 0.6) is 0 Å². The highest BCUT2D eigenvalue weighted by molar-refractivity contribution is 5.70. The van der Waals surface area contributed by atoms with Gasteiger partial charge < -0.3 is 18.9 Å². The van der Waals surface area contributed by atoms with E-state index in [9.17, 15) is 24.0 Å². The number of aromatic amines is 1. The zero-order valence-corrected chi connectivity index (χ0v) is 17.5. The Morgan fingerprint density at radius 2 is 1.72 bits per heavy atom. The molecule has 32 heavy (non-hydrogen) atoms. The summed E-state index contributed by atoms with van der Waals surface area (Å²) >= 11 is 0. The maximum absolute atomic E-state index is 12.6. The highest BCUT2D eigenvalue weighted by Gasteiger charge is 2.51. The second-order valence-corrected chi connectivity index (χ2v) is 6.49. The van der Waals surface area contributed by atoms with E-state index in [4.69, 9.17) is 23.1 Å². The van der Waals surface area contributed by atoms with Crippen molar-refractivity contribution in [2.75, 3.05) is 6.61 Å². The Morgan fingerprint density at radius 3 is 2.34 bits per heavy atom. The van der Waals surface area contributed by atoms with Gasteiger partial charge >= 0.3 is 23.6 Å². The zero-order chi connectivity index (χ0) is 26.0. The van der Waals surface area contributed by atoms with E-state index >= 15 is 0 Å². The van der Waals surface area contributed by atoms with E-state index < -0.39 is 60.3 Å². The lowest BCUT2D eigenvalue weighted by Crippen LogP contribution is -2.43. The first kappa shape index (κ1) is 20.5. The maximum atomic E-state index is 12.6. The Hall–Kier alpha value is -3.39. The van der Waals surface area contributed by atoms with Gasteiger partial charge in [0.15, 0.2) is 18.4 Å². The van der Waals surface area contributed by atoms with Gasteiger partial charge in [0.25, 0.3) is 5.56 Å². The average molecular weight is 453 g/mol. The third kappa shape index (κ3) is 5.85. The van der Waals surface area contributed by atoms with E-state index in [2.05, 4.69) is 16.8 Å². The van der Waals surface area contributed by atoms with Crippen molar-refractivity contribution in [2.45, 2.75) is 71.4 Å². The molecule has 0 bridgehead atoms. The molecule has 1 N–H and O–H groups in total. The fourth-order valence-corrected chi connectivity index (χ4v) is 2.90. The van der Waals surface area contributed by atoms with Crippen molar-refractivity contribution in [1.29, 1.82) is 0 Å². The van der Waals surface area contributed by atoms with Crippen LogP contribution in [-0.2, 0) is 33.3 Å². The van der Waals surface area contributed by atoms with Crippen molar-refractivity contribution in [3.05, 3.63) is 32.6 Å². The minimum Gasteiger partial charge on any atom is -0.463 e. The number of hydrogen-bond acceptors (Lipinski definition) is 9. The number of ether oxygens (including phenoxy) is 4. The first-order chi connectivity index (χ1) is 16.7. The molecule has 1 aliphatic rings. The van der Waals surface area contributed by atoms with Crippen LogP contribution in [-0.4, -0.2) is 52.4 Å². The van der Waals surface area contributed by atoms with Crippen molar-refractivity contribution in [2.24, 2.45) is 0 Å². The molecule has 174 valence electrons. The number of rotatable bonds is 8. The summed E-state index contributed by atoms with van der Waals surface area (Å²) in [7, 11) is 0. The van der Waals surface area contributed by atoms with Crippen LogP contribution in [0.1, 0.15) is 62.8 Å². The number of H-pyrrole nitrogens is 1. The molecule has 0 spiro atoms. The predicted octanol–water partition coefficient (Wildman–Crippen LogP) is 0.402. The molecule has 1 aliphatic heterocycles. The lowest BCUT2D eigenvalue weighted by Gasteiger charge is -2.24. The van der Waals surface area contributed by atoms with Crippen molar-refractivity contribution in [1.82, 2.24) is 9.55 Å². The molecule has 2 heterocycles. The summed E-state index contributed by atoms with van der Waals surface area (Å²) in [6.45, 7) is 0.246. The van der Waals surface area contributed by atoms with Gasteiger partial charge in [0.2, 0.25) is 0 Å². The molecule has 1 unspecified atom stereocenters. The monoisotopic (exact) mass is 453 g/mol. The number of hydrogen-bond donors (Lipinski definition) is 1. The largest absolute Gasteiger partial charge is 0.463 e. The quantitative estimate of drug-likeness (QED) is 0.336. The molecule has 1 aromatic rings. The van der Waals surface area contributed by atoms with Crippen molar-refractivity contribution in [3.8, 4) is 11.8 Å². The molecular formula is C21H26N2O9. The maximum Gasteiger partial charge on any atom is 0.330 e. The van der Waals surface area contributed by atoms with E-state index in [1.807, 2.05) is 0 Å². The molecule has 0 saturated carbocycles. The smallest absolute Gasteiger partial charge is 0.330 e. The molecular weight excluding hydrogens is 424 g/mol. The minimum absolute atomic E-state index is 0.0833. The highest BCUT2D eigenvalue weighted by atomic mass is 16.7. The third-order valence-corrected chi connectivity index (χ3v) is 4.34. The van der Waals surface area contributed by atoms with E-state index in [1.54, 1.807) is 0 Å². The Bertz CT molecular complexity index is 1090. The van der Waals surface area contributed by atoms with Crippen LogP contribution in [0.3, 0.4) is 0 Å². The number of aromatic nitrogens is 2. The van der Waals surface area contributed by atoms with Crippen molar-refractivity contribution >= 4 is 17.9 Å². The van der Waals surface area contributed by atoms with Crippen LogP contribution in [0.4, 0.5) is 0 Å². The number of nitrogens with one attached hydrogen (secondary N) is 1. The number of carbonyl (C=O) groups is 3. The Morgan fingerprint density at radius 1 is 1.09 bits per heavy atom. The second kappa shape index (κ2) is 11.3. The lowest BCUT2D eigenvalue weighted by atomic mass is 10.1. The van der Waals surface area contributed by atoms with Gasteiger partial charge in [-0.05, 0) is 6.92 Å². The summed E-state index contributed by atoms with van der Waals surface area (Å²) in [6, 6.07) is 0. The summed E-state index contributed by atoms with van der Waals surface area (Å²) in [5.74, 6) is 2.70. The Labute approximate surface area is 188 Å². The molecule has 1 saturated heterocycles. The molecule has 4 atom stereocenters. The van der Waals surface area contributed by atoms with Gasteiger partial charge in [-0.1, -0.05) is 26.6 Å². The number of esters is 3. The summed E-state index contributed by atoms with van der Waals surface area (Å²) in [6.07, 6.45) is -5.06. The van der Waals surface area contributed by atoms with Gasteiger partial charge in [0, 0.05) is 29.6 Å². The van der Waals surface area contributed by atoms with Gasteiger partial charge in [0.05, 0.1) is 0 Å². The summed E-state index contributed by atoms with van der Waals surface area (Å²) in [5.41, 5.74) is -1.76. The van der Waals surface area contributed by atoms with Gasteiger partial charge in [0.1, 0.15) is 18.3 Å². The Kier molecular flexibility index (Phi) is 7.24. The summed E-state index contributed by atoms with van der Waals surface area (Å²) < 4.78 is 44.2. The third-order valence-electron chi connectivity index (χ3n) is 4.34. The van der Waals surface area contributed by atoms with Crippen LogP contribution in [0.25, 0.3) is 0 Å². The molecule has 2 rings (SSSR count). The van der Waals surface area contributed by atoms with E-state index in [0.29, 0.717) is 0 Å². The van der Waals surface area contributed by atoms with Crippen molar-refractivity contribution < 1.29 is 37.4 Å². The van der Waals surface area contributed by atoms with Crippen molar-refractivity contribution in [3.63, 3.8) is 0 Å². The standard InChI is InChI=1S/C21H26N2O9/c1-5-9-12-10-23(21(28)22-19(12)27)20-18(32-16(26)8-4)17(31-15(25)7-3)13(30-20)11-29-14(24)6-2/h10,13,17-18,20H,6-8,11H2,1-4H3,(H,22,27,28)/t13-,17-,18+,20?/m1/s1/i2D,3D,4D. The number of nitrogens with zero attached hydrogens (tertiary/aromatic N) is 1. The molecule has 11 nitrogen and oxygen atoms in total. The first-order valence-electron chi connectivity index (χ1n) is 11.7. The van der Waals surface area contributed by atoms with Crippen LogP contribution in [0.2, 0.25) is 0 Å². The van der Waals surface area contributed by atoms with E-state index in [1.165, 1.54) is 6.92 Å². The highest BCUT2D eigenvalue weighted by Crippen LogP contribution is 2.34. The van der Waals surface area contributed by atoms with Gasteiger partial charge in [-0.2, -0.15) is 0 Å². The molecule has 0 aliphatic carbocycles. The van der Waals surface area contributed by atoms with Crippen LogP contribution < -0.4 is 11.2 Å². The molecule has 1 fully saturated rings. The van der Waals surface area contributed by atoms with E-state index in [-0.39, 0.29) is 45.5 Å². The molecule has 1 aromatic heterocycles. The minimum atomic E-state index is -1.42. The van der Waals surface area contributed by atoms with Crippen LogP contribution in [0.15, 0.2) is 15.8 Å². The molecule has 11 heteroatoms. The van der Waals surface area contributed by atoms with Crippen LogP contribution in [0, 0.1) is 11.8 Å². The number of carbonyl (C=O) groups excluding carboxylic acids is 3. The SMILES string of the molecule is [2H]CCC(=O)OC[C@H]1OC(n2cc(C#CC)c(=O)[nH]c2=O)[C@@H](OC(=O)CC[2H])[C@@H]1OC(=O)CC[2H]. The average Bonchev–Trinajstić information content (AvgIpc) is 3.11. The normalized spacial score (nSPS) is 23.1. The zero-order valence-electron chi connectivity index (χ0n) is 20.5. The van der Waals surface area contributed by atoms with Gasteiger partial charge in [-0.25, -0.2) is 4.79 Å². The van der Waals surface area contributed by atoms with Crippen LogP contribution >= 0.6 is 0 Å². The fraction of sp³-hybridized carbons (Fsp3) is 0.571. The van der Waals surface area contributed by atoms with Gasteiger partial charge in [-0.3, -0.25) is 28.7 Å². The lowest BCUT2D eigenvalue weighted by molar-refractivity contribution is -0.169. The second-order valence-electron chi connectivity index (χ2n) is 6.49. The summed E-state index contributed by atoms with van der Waals surface area (Å²) in [4.78, 5) is 63.0. The Balaban J connectivity index is 2.51. The van der Waals surface area contributed by atoms with E-state index in [0.717, 1.165) is 10.8 Å². The summed E-state index contributed by atoms with van der Waals surface area (Å²) in [5, 5.41) is 0. The van der Waals surface area contributed by atoms with Gasteiger partial charge in [-0.15, -0.1) is 5.92 Å². The molecule has 0 aromatic carbocycles. The molecule has 0 radical (unpaired) electrons. The molecule has 0 amide bonds. The first-order valence-corrected chi connectivity index (χ1v) is 9.61. The predicted molar refractivity (Wildman–Crippen MR) is 109 cm³/mol. The topological polar surface area (TPSA) is 143 Å². The fourth-order valence-electron chi connectivity index (χ4n) is 2.90.